The van der Waals surface area contributed by atoms with Crippen molar-refractivity contribution in [3.05, 3.63) is 35.7 Å². The quantitative estimate of drug-likeness (QED) is 0.630. The van der Waals surface area contributed by atoms with Crippen molar-refractivity contribution in [1.82, 2.24) is 20.4 Å². The van der Waals surface area contributed by atoms with E-state index in [1.165, 1.54) is 5.56 Å². The SMILES string of the molecule is Cc1nnc(-c2ccc(CI)cc2)nn1. The summed E-state index contributed by atoms with van der Waals surface area (Å²) in [6.07, 6.45) is 0. The molecule has 0 N–H and O–H groups in total. The summed E-state index contributed by atoms with van der Waals surface area (Å²) < 4.78 is 1.00. The minimum atomic E-state index is 0.570. The van der Waals surface area contributed by atoms with Crippen LogP contribution < -0.4 is 0 Å². The minimum absolute atomic E-state index is 0.570. The molecule has 1 aromatic heterocycles. The smallest absolute Gasteiger partial charge is 0.131 e. The highest BCUT2D eigenvalue weighted by atomic mass is 127. The van der Waals surface area contributed by atoms with Gasteiger partial charge in [0.05, 0.1) is 0 Å². The fourth-order valence-corrected chi connectivity index (χ4v) is 1.65. The van der Waals surface area contributed by atoms with E-state index in [4.69, 9.17) is 0 Å². The maximum atomic E-state index is 3.98. The van der Waals surface area contributed by atoms with Crippen LogP contribution in [0.1, 0.15) is 11.4 Å². The van der Waals surface area contributed by atoms with Gasteiger partial charge in [-0.1, -0.05) is 46.9 Å². The normalized spacial score (nSPS) is 10.3. The van der Waals surface area contributed by atoms with E-state index in [0.717, 1.165) is 9.99 Å². The molecule has 0 spiro atoms. The fraction of sp³-hybridized carbons (Fsp3) is 0.200. The molecule has 0 aliphatic heterocycles. The first-order valence-electron chi connectivity index (χ1n) is 4.49. The number of nitrogens with zero attached hydrogens (tertiary/aromatic N) is 4. The predicted molar refractivity (Wildman–Crippen MR) is 65.5 cm³/mol. The molecule has 0 amide bonds. The van der Waals surface area contributed by atoms with Crippen LogP contribution in [-0.2, 0) is 4.43 Å². The Morgan fingerprint density at radius 1 is 1.00 bits per heavy atom. The Morgan fingerprint density at radius 2 is 1.60 bits per heavy atom. The summed E-state index contributed by atoms with van der Waals surface area (Å²) in [5, 5.41) is 15.7. The Labute approximate surface area is 101 Å². The fourth-order valence-electron chi connectivity index (χ4n) is 1.14. The van der Waals surface area contributed by atoms with Gasteiger partial charge >= 0.3 is 0 Å². The van der Waals surface area contributed by atoms with Crippen molar-refractivity contribution in [2.45, 2.75) is 11.4 Å². The summed E-state index contributed by atoms with van der Waals surface area (Å²) in [6, 6.07) is 8.10. The Kier molecular flexibility index (Phi) is 3.20. The summed E-state index contributed by atoms with van der Waals surface area (Å²) in [7, 11) is 0. The third kappa shape index (κ3) is 2.47. The maximum absolute atomic E-state index is 3.98. The number of hydrogen-bond donors (Lipinski definition) is 0. The van der Waals surface area contributed by atoms with Crippen LogP contribution in [-0.4, -0.2) is 20.4 Å². The molecule has 76 valence electrons. The molecular weight excluding hydrogens is 303 g/mol. The average molecular weight is 312 g/mol. The van der Waals surface area contributed by atoms with Gasteiger partial charge in [-0.15, -0.1) is 20.4 Å². The van der Waals surface area contributed by atoms with Crippen LogP contribution in [0.25, 0.3) is 11.4 Å². The minimum Gasteiger partial charge on any atom is -0.131 e. The van der Waals surface area contributed by atoms with E-state index in [1.54, 1.807) is 6.92 Å². The lowest BCUT2D eigenvalue weighted by Gasteiger charge is -1.99. The van der Waals surface area contributed by atoms with Crippen LogP contribution in [0, 0.1) is 6.92 Å². The topological polar surface area (TPSA) is 51.6 Å². The molecule has 2 rings (SSSR count). The molecule has 0 unspecified atom stereocenters. The number of alkyl halides is 1. The first kappa shape index (κ1) is 10.4. The zero-order chi connectivity index (χ0) is 10.7. The second-order valence-electron chi connectivity index (χ2n) is 3.10. The van der Waals surface area contributed by atoms with E-state index >= 15 is 0 Å². The molecule has 1 aromatic carbocycles. The van der Waals surface area contributed by atoms with Gasteiger partial charge in [-0.3, -0.25) is 0 Å². The molecule has 0 aliphatic rings. The van der Waals surface area contributed by atoms with E-state index in [9.17, 15) is 0 Å². The molecule has 0 bridgehead atoms. The summed E-state index contributed by atoms with van der Waals surface area (Å²) in [6.45, 7) is 1.77. The van der Waals surface area contributed by atoms with Crippen molar-refractivity contribution in [3.8, 4) is 11.4 Å². The largest absolute Gasteiger partial charge is 0.203 e. The molecule has 5 heteroatoms. The van der Waals surface area contributed by atoms with E-state index < -0.39 is 0 Å². The number of halogens is 1. The van der Waals surface area contributed by atoms with Gasteiger partial charge in [0, 0.05) is 9.99 Å². The average Bonchev–Trinajstić information content (AvgIpc) is 2.30. The Balaban J connectivity index is 2.33. The molecule has 0 radical (unpaired) electrons. The van der Waals surface area contributed by atoms with Crippen molar-refractivity contribution in [1.29, 1.82) is 0 Å². The number of aryl methyl sites for hydroxylation is 1. The molecule has 2 aromatic rings. The Bertz CT molecular complexity index is 438. The van der Waals surface area contributed by atoms with Gasteiger partial charge in [0.25, 0.3) is 0 Å². The summed E-state index contributed by atoms with van der Waals surface area (Å²) >= 11 is 2.33. The molecule has 1 heterocycles. The van der Waals surface area contributed by atoms with Gasteiger partial charge in [0.2, 0.25) is 5.82 Å². The number of aromatic nitrogens is 4. The van der Waals surface area contributed by atoms with Gasteiger partial charge in [0.15, 0.2) is 5.82 Å². The lowest BCUT2D eigenvalue weighted by atomic mass is 10.1. The highest BCUT2D eigenvalue weighted by molar-refractivity contribution is 14.1. The Hall–Kier alpha value is -1.11. The Morgan fingerprint density at radius 3 is 2.13 bits per heavy atom. The molecular formula is C10H9IN4. The van der Waals surface area contributed by atoms with Gasteiger partial charge in [-0.2, -0.15) is 0 Å². The first-order valence-corrected chi connectivity index (χ1v) is 6.01. The predicted octanol–water partition coefficient (Wildman–Crippen LogP) is 2.18. The van der Waals surface area contributed by atoms with Crippen LogP contribution in [0.2, 0.25) is 0 Å². The standard InChI is InChI=1S/C10H9IN4/c1-7-12-14-10(15-13-7)9-4-2-8(6-11)3-5-9/h2-5H,6H2,1H3. The van der Waals surface area contributed by atoms with Crippen LogP contribution >= 0.6 is 22.6 Å². The zero-order valence-electron chi connectivity index (χ0n) is 8.18. The van der Waals surface area contributed by atoms with Crippen LogP contribution in [0.15, 0.2) is 24.3 Å². The van der Waals surface area contributed by atoms with Gasteiger partial charge in [-0.25, -0.2) is 0 Å². The van der Waals surface area contributed by atoms with Gasteiger partial charge < -0.3 is 0 Å². The van der Waals surface area contributed by atoms with Crippen molar-refractivity contribution in [3.63, 3.8) is 0 Å². The highest BCUT2D eigenvalue weighted by Crippen LogP contribution is 2.15. The second-order valence-corrected chi connectivity index (χ2v) is 3.86. The number of hydrogen-bond acceptors (Lipinski definition) is 4. The molecule has 0 atom stereocenters. The summed E-state index contributed by atoms with van der Waals surface area (Å²) in [4.78, 5) is 0. The zero-order valence-corrected chi connectivity index (χ0v) is 10.3. The van der Waals surface area contributed by atoms with Crippen molar-refractivity contribution < 1.29 is 0 Å². The van der Waals surface area contributed by atoms with Crippen molar-refractivity contribution >= 4 is 22.6 Å². The van der Waals surface area contributed by atoms with Crippen LogP contribution in [0.4, 0.5) is 0 Å². The molecule has 4 nitrogen and oxygen atoms in total. The number of benzene rings is 1. The van der Waals surface area contributed by atoms with Crippen LogP contribution in [0.3, 0.4) is 0 Å². The number of rotatable bonds is 2. The van der Waals surface area contributed by atoms with Crippen molar-refractivity contribution in [2.24, 2.45) is 0 Å². The van der Waals surface area contributed by atoms with E-state index in [0.29, 0.717) is 11.6 Å². The third-order valence-electron chi connectivity index (χ3n) is 1.95. The van der Waals surface area contributed by atoms with E-state index in [-0.39, 0.29) is 0 Å². The lowest BCUT2D eigenvalue weighted by Crippen LogP contribution is -1.98. The molecule has 15 heavy (non-hydrogen) atoms. The van der Waals surface area contributed by atoms with E-state index in [1.807, 2.05) is 12.1 Å². The first-order chi connectivity index (χ1) is 7.29. The molecule has 0 saturated carbocycles. The summed E-state index contributed by atoms with van der Waals surface area (Å²) in [5.41, 5.74) is 2.23. The summed E-state index contributed by atoms with van der Waals surface area (Å²) in [5.74, 6) is 1.16. The van der Waals surface area contributed by atoms with Gasteiger partial charge in [0.1, 0.15) is 0 Å². The molecule has 0 fully saturated rings. The van der Waals surface area contributed by atoms with Crippen molar-refractivity contribution in [2.75, 3.05) is 0 Å². The molecule has 0 saturated heterocycles. The van der Waals surface area contributed by atoms with E-state index in [2.05, 4.69) is 55.1 Å². The molecule has 0 aliphatic carbocycles. The highest BCUT2D eigenvalue weighted by Gasteiger charge is 2.02. The maximum Gasteiger partial charge on any atom is 0.203 e. The third-order valence-corrected chi connectivity index (χ3v) is 2.83. The monoisotopic (exact) mass is 312 g/mol. The van der Waals surface area contributed by atoms with Crippen LogP contribution in [0.5, 0.6) is 0 Å². The lowest BCUT2D eigenvalue weighted by molar-refractivity contribution is 0.816. The second kappa shape index (κ2) is 4.61. The van der Waals surface area contributed by atoms with Gasteiger partial charge in [-0.05, 0) is 12.5 Å².